The molecule has 1 fully saturated rings. The lowest BCUT2D eigenvalue weighted by Crippen LogP contribution is -2.36. The van der Waals surface area contributed by atoms with Crippen molar-refractivity contribution < 1.29 is 19.1 Å². The van der Waals surface area contributed by atoms with Crippen LogP contribution in [0, 0.1) is 0 Å². The van der Waals surface area contributed by atoms with Gasteiger partial charge in [-0.05, 0) is 29.8 Å². The smallest absolute Gasteiger partial charge is 0.325 e. The molecule has 1 aliphatic rings. The Morgan fingerprint density at radius 1 is 1.22 bits per heavy atom. The number of nitrogens with one attached hydrogen (secondary N) is 2. The second-order valence-electron chi connectivity index (χ2n) is 6.08. The molecule has 1 aliphatic heterocycles. The summed E-state index contributed by atoms with van der Waals surface area (Å²) >= 11 is 0. The summed E-state index contributed by atoms with van der Waals surface area (Å²) in [5.74, 6) is -0.0483. The summed E-state index contributed by atoms with van der Waals surface area (Å²) in [5.41, 5.74) is 1.51. The van der Waals surface area contributed by atoms with Crippen molar-refractivity contribution in [2.75, 3.05) is 7.11 Å². The van der Waals surface area contributed by atoms with Crippen LogP contribution in [-0.2, 0) is 22.7 Å². The summed E-state index contributed by atoms with van der Waals surface area (Å²) in [6.45, 7) is 0.408. The van der Waals surface area contributed by atoms with Gasteiger partial charge in [-0.25, -0.2) is 4.79 Å². The first-order chi connectivity index (χ1) is 13.1. The van der Waals surface area contributed by atoms with Crippen LogP contribution in [0.15, 0.2) is 48.7 Å². The van der Waals surface area contributed by atoms with Gasteiger partial charge in [0.25, 0.3) is 5.91 Å². The van der Waals surface area contributed by atoms with Crippen LogP contribution in [0.4, 0.5) is 4.79 Å². The number of pyridine rings is 1. The lowest BCUT2D eigenvalue weighted by atomic mass is 10.1. The van der Waals surface area contributed by atoms with Gasteiger partial charge in [0.05, 0.1) is 32.3 Å². The summed E-state index contributed by atoms with van der Waals surface area (Å²) in [4.78, 5) is 41.9. The molecule has 27 heavy (non-hydrogen) atoms. The maximum atomic E-state index is 12.5. The van der Waals surface area contributed by atoms with E-state index in [1.54, 1.807) is 49.7 Å². The molecule has 2 heterocycles. The zero-order valence-corrected chi connectivity index (χ0v) is 14.8. The molecule has 1 atom stereocenters. The quantitative estimate of drug-likeness (QED) is 0.716. The number of hydrogen-bond acceptors (Lipinski definition) is 5. The van der Waals surface area contributed by atoms with Crippen LogP contribution in [0.1, 0.15) is 17.7 Å². The highest BCUT2D eigenvalue weighted by molar-refractivity contribution is 6.05. The van der Waals surface area contributed by atoms with Crippen molar-refractivity contribution in [2.24, 2.45) is 0 Å². The number of carbonyl (C=O) groups is 3. The largest absolute Gasteiger partial charge is 0.497 e. The van der Waals surface area contributed by atoms with Crippen molar-refractivity contribution in [1.29, 1.82) is 0 Å². The molecule has 1 saturated heterocycles. The van der Waals surface area contributed by atoms with E-state index in [2.05, 4.69) is 15.6 Å². The third kappa shape index (κ3) is 4.60. The topological polar surface area (TPSA) is 101 Å². The summed E-state index contributed by atoms with van der Waals surface area (Å²) in [7, 11) is 1.57. The Kier molecular flexibility index (Phi) is 5.65. The minimum Gasteiger partial charge on any atom is -0.497 e. The van der Waals surface area contributed by atoms with E-state index in [0.29, 0.717) is 11.4 Å². The van der Waals surface area contributed by atoms with Gasteiger partial charge in [-0.2, -0.15) is 0 Å². The van der Waals surface area contributed by atoms with Crippen molar-refractivity contribution in [3.8, 4) is 5.75 Å². The minimum absolute atomic E-state index is 0.115. The Morgan fingerprint density at radius 3 is 2.67 bits per heavy atom. The number of benzene rings is 1. The molecule has 0 radical (unpaired) electrons. The molecule has 0 spiro atoms. The predicted molar refractivity (Wildman–Crippen MR) is 96.6 cm³/mol. The lowest BCUT2D eigenvalue weighted by Gasteiger charge is -2.13. The first-order valence-corrected chi connectivity index (χ1v) is 8.48. The van der Waals surface area contributed by atoms with Crippen molar-refractivity contribution in [2.45, 2.75) is 25.6 Å². The van der Waals surface area contributed by atoms with E-state index in [-0.39, 0.29) is 25.4 Å². The average Bonchev–Trinajstić information content (AvgIpc) is 2.95. The zero-order valence-electron chi connectivity index (χ0n) is 14.8. The van der Waals surface area contributed by atoms with E-state index in [1.165, 1.54) is 0 Å². The Labute approximate surface area is 156 Å². The Morgan fingerprint density at radius 2 is 2.00 bits per heavy atom. The number of nitrogens with zero attached hydrogens (tertiary/aromatic N) is 2. The van der Waals surface area contributed by atoms with Gasteiger partial charge in [-0.15, -0.1) is 0 Å². The monoisotopic (exact) mass is 368 g/mol. The Bertz CT molecular complexity index is 823. The molecule has 3 rings (SSSR count). The highest BCUT2D eigenvalue weighted by atomic mass is 16.5. The van der Waals surface area contributed by atoms with Gasteiger partial charge in [0, 0.05) is 6.20 Å². The third-order valence-corrected chi connectivity index (χ3v) is 4.19. The number of amides is 4. The van der Waals surface area contributed by atoms with E-state index in [0.717, 1.165) is 10.5 Å². The number of aromatic nitrogens is 1. The molecule has 1 aromatic heterocycles. The number of ether oxygens (including phenoxy) is 1. The zero-order chi connectivity index (χ0) is 19.2. The SMILES string of the molecule is COc1ccc(CN2C(=O)N[C@H](CC(=O)NCc3ccccn3)C2=O)cc1. The first kappa shape index (κ1) is 18.4. The van der Waals surface area contributed by atoms with Crippen LogP contribution >= 0.6 is 0 Å². The summed E-state index contributed by atoms with van der Waals surface area (Å²) in [6.07, 6.45) is 1.52. The van der Waals surface area contributed by atoms with Gasteiger partial charge in [0.1, 0.15) is 11.8 Å². The Hall–Kier alpha value is -3.42. The highest BCUT2D eigenvalue weighted by Gasteiger charge is 2.38. The molecular formula is C19H20N4O4. The molecule has 4 amide bonds. The van der Waals surface area contributed by atoms with Crippen LogP contribution in [0.3, 0.4) is 0 Å². The molecule has 140 valence electrons. The van der Waals surface area contributed by atoms with Crippen molar-refractivity contribution >= 4 is 17.8 Å². The summed E-state index contributed by atoms with van der Waals surface area (Å²) < 4.78 is 5.09. The second-order valence-corrected chi connectivity index (χ2v) is 6.08. The van der Waals surface area contributed by atoms with Crippen molar-refractivity contribution in [3.05, 3.63) is 59.9 Å². The van der Waals surface area contributed by atoms with Gasteiger partial charge in [0.2, 0.25) is 5.91 Å². The van der Waals surface area contributed by atoms with Gasteiger partial charge >= 0.3 is 6.03 Å². The first-order valence-electron chi connectivity index (χ1n) is 8.48. The van der Waals surface area contributed by atoms with Crippen molar-refractivity contribution in [3.63, 3.8) is 0 Å². The van der Waals surface area contributed by atoms with Gasteiger partial charge in [0.15, 0.2) is 0 Å². The predicted octanol–water partition coefficient (Wildman–Crippen LogP) is 1.22. The third-order valence-electron chi connectivity index (χ3n) is 4.19. The summed E-state index contributed by atoms with van der Waals surface area (Å²) in [6, 6.07) is 11.1. The fraction of sp³-hybridized carbons (Fsp3) is 0.263. The van der Waals surface area contributed by atoms with Gasteiger partial charge in [-0.1, -0.05) is 18.2 Å². The molecule has 2 aromatic rings. The van der Waals surface area contributed by atoms with Crippen molar-refractivity contribution in [1.82, 2.24) is 20.5 Å². The van der Waals surface area contributed by atoms with E-state index in [1.807, 2.05) is 6.07 Å². The van der Waals surface area contributed by atoms with Crippen LogP contribution in [0.2, 0.25) is 0 Å². The Balaban J connectivity index is 1.54. The number of carbonyl (C=O) groups excluding carboxylic acids is 3. The summed E-state index contributed by atoms with van der Waals surface area (Å²) in [5, 5.41) is 5.26. The van der Waals surface area contributed by atoms with Crippen LogP contribution < -0.4 is 15.4 Å². The molecule has 8 nitrogen and oxygen atoms in total. The molecule has 0 saturated carbocycles. The number of urea groups is 1. The van der Waals surface area contributed by atoms with Crippen LogP contribution in [0.25, 0.3) is 0 Å². The minimum atomic E-state index is -0.862. The molecule has 0 unspecified atom stereocenters. The number of methoxy groups -OCH3 is 1. The molecular weight excluding hydrogens is 348 g/mol. The van der Waals surface area contributed by atoms with E-state index >= 15 is 0 Å². The highest BCUT2D eigenvalue weighted by Crippen LogP contribution is 2.17. The molecule has 0 bridgehead atoms. The molecule has 2 N–H and O–H groups in total. The number of hydrogen-bond donors (Lipinski definition) is 2. The van der Waals surface area contributed by atoms with E-state index in [9.17, 15) is 14.4 Å². The maximum absolute atomic E-state index is 12.5. The fourth-order valence-electron chi connectivity index (χ4n) is 2.73. The lowest BCUT2D eigenvalue weighted by molar-refractivity contribution is -0.131. The number of rotatable bonds is 7. The standard InChI is InChI=1S/C19H20N4O4/c1-27-15-7-5-13(6-8-15)12-23-18(25)16(22-19(23)26)10-17(24)21-11-14-4-2-3-9-20-14/h2-9,16H,10-12H2,1H3,(H,21,24)(H,22,26)/t16-/m1/s1. The fourth-order valence-corrected chi connectivity index (χ4v) is 2.73. The molecule has 8 heteroatoms. The maximum Gasteiger partial charge on any atom is 0.325 e. The van der Waals surface area contributed by atoms with Crippen LogP contribution in [0.5, 0.6) is 5.75 Å². The normalized spacial score (nSPS) is 16.2. The van der Waals surface area contributed by atoms with Crippen LogP contribution in [-0.4, -0.2) is 40.9 Å². The van der Waals surface area contributed by atoms with E-state index < -0.39 is 18.0 Å². The molecule has 1 aromatic carbocycles. The average molecular weight is 368 g/mol. The molecule has 0 aliphatic carbocycles. The van der Waals surface area contributed by atoms with E-state index in [4.69, 9.17) is 4.74 Å². The second kappa shape index (κ2) is 8.31. The number of imide groups is 1. The van der Waals surface area contributed by atoms with Gasteiger partial charge < -0.3 is 15.4 Å². The van der Waals surface area contributed by atoms with Gasteiger partial charge in [-0.3, -0.25) is 19.5 Å².